The highest BCUT2D eigenvalue weighted by Crippen LogP contribution is 2.16. The smallest absolute Gasteiger partial charge is 0.251 e. The van der Waals surface area contributed by atoms with Gasteiger partial charge >= 0.3 is 0 Å². The number of hydrogen-bond donors (Lipinski definition) is 2. The Morgan fingerprint density at radius 3 is 2.74 bits per heavy atom. The highest BCUT2D eigenvalue weighted by atomic mass is 35.5. The first-order chi connectivity index (χ1) is 10.7. The predicted molar refractivity (Wildman–Crippen MR) is 93.6 cm³/mol. The van der Waals surface area contributed by atoms with Crippen molar-refractivity contribution in [3.8, 4) is 5.75 Å². The molecule has 2 rings (SSSR count). The van der Waals surface area contributed by atoms with Crippen LogP contribution in [0.5, 0.6) is 5.75 Å². The molecule has 0 aliphatic carbocycles. The van der Waals surface area contributed by atoms with Crippen LogP contribution in [0.1, 0.15) is 37.0 Å². The number of carbonyl (C=O) groups excluding carboxylic acids is 1. The fourth-order valence-corrected chi connectivity index (χ4v) is 2.44. The Morgan fingerprint density at radius 1 is 1.39 bits per heavy atom. The summed E-state index contributed by atoms with van der Waals surface area (Å²) < 4.78 is 11.2. The molecule has 2 N–H and O–H groups in total. The van der Waals surface area contributed by atoms with Crippen LogP contribution in [0.15, 0.2) is 24.3 Å². The first-order valence-electron chi connectivity index (χ1n) is 8.05. The quantitative estimate of drug-likeness (QED) is 0.761. The maximum absolute atomic E-state index is 12.0. The second-order valence-corrected chi connectivity index (χ2v) is 5.64. The second-order valence-electron chi connectivity index (χ2n) is 5.64. The van der Waals surface area contributed by atoms with Gasteiger partial charge in [-0.3, -0.25) is 4.79 Å². The summed E-state index contributed by atoms with van der Waals surface area (Å²) in [6.45, 7) is 7.02. The van der Waals surface area contributed by atoms with E-state index in [0.29, 0.717) is 18.7 Å². The molecular weight excluding hydrogens is 316 g/mol. The third-order valence-corrected chi connectivity index (χ3v) is 3.70. The zero-order valence-corrected chi connectivity index (χ0v) is 14.7. The van der Waals surface area contributed by atoms with Crippen LogP contribution >= 0.6 is 12.4 Å². The fraction of sp³-hybridized carbons (Fsp3) is 0.588. The molecule has 6 heteroatoms. The molecule has 5 nitrogen and oxygen atoms in total. The lowest BCUT2D eigenvalue weighted by Crippen LogP contribution is -2.38. The highest BCUT2D eigenvalue weighted by molar-refractivity contribution is 5.94. The Hall–Kier alpha value is -1.30. The van der Waals surface area contributed by atoms with Crippen LogP contribution in [0.4, 0.5) is 0 Å². The molecule has 1 amide bonds. The summed E-state index contributed by atoms with van der Waals surface area (Å²) in [6, 6.07) is 7.51. The number of nitrogens with one attached hydrogen (secondary N) is 2. The van der Waals surface area contributed by atoms with Gasteiger partial charge in [0, 0.05) is 24.8 Å². The lowest BCUT2D eigenvalue weighted by atomic mass is 10.2. The van der Waals surface area contributed by atoms with Gasteiger partial charge in [-0.15, -0.1) is 12.4 Å². The van der Waals surface area contributed by atoms with E-state index in [4.69, 9.17) is 9.47 Å². The van der Waals surface area contributed by atoms with Crippen LogP contribution in [-0.4, -0.2) is 44.4 Å². The Kier molecular flexibility index (Phi) is 8.99. The molecule has 130 valence electrons. The highest BCUT2D eigenvalue weighted by Gasteiger charge is 2.16. The minimum atomic E-state index is -0.0598. The molecule has 2 atom stereocenters. The van der Waals surface area contributed by atoms with Crippen molar-refractivity contribution in [1.29, 1.82) is 0 Å². The molecule has 0 bridgehead atoms. The van der Waals surface area contributed by atoms with Crippen LogP contribution < -0.4 is 15.4 Å². The molecule has 1 aromatic rings. The molecule has 0 spiro atoms. The van der Waals surface area contributed by atoms with Crippen LogP contribution in [0.2, 0.25) is 0 Å². The van der Waals surface area contributed by atoms with Crippen LogP contribution in [0.3, 0.4) is 0 Å². The summed E-state index contributed by atoms with van der Waals surface area (Å²) in [4.78, 5) is 12.0. The van der Waals surface area contributed by atoms with E-state index >= 15 is 0 Å². The largest absolute Gasteiger partial charge is 0.491 e. The first-order valence-corrected chi connectivity index (χ1v) is 8.05. The zero-order valence-electron chi connectivity index (χ0n) is 13.8. The Morgan fingerprint density at radius 2 is 2.13 bits per heavy atom. The Bertz CT molecular complexity index is 461. The topological polar surface area (TPSA) is 59.6 Å². The van der Waals surface area contributed by atoms with Crippen LogP contribution in [0.25, 0.3) is 0 Å². The lowest BCUT2D eigenvalue weighted by molar-refractivity contribution is 0.0679. The van der Waals surface area contributed by atoms with Crippen molar-refractivity contribution in [3.05, 3.63) is 29.8 Å². The number of rotatable bonds is 8. The van der Waals surface area contributed by atoms with Gasteiger partial charge in [-0.2, -0.15) is 0 Å². The number of carbonyl (C=O) groups is 1. The summed E-state index contributed by atoms with van der Waals surface area (Å²) in [6.07, 6.45) is 2.37. The van der Waals surface area contributed by atoms with Crippen molar-refractivity contribution in [3.63, 3.8) is 0 Å². The van der Waals surface area contributed by atoms with Gasteiger partial charge in [-0.1, -0.05) is 6.92 Å². The van der Waals surface area contributed by atoms with E-state index in [-0.39, 0.29) is 30.5 Å². The number of halogens is 1. The maximum atomic E-state index is 12.0. The Balaban J connectivity index is 0.00000264. The number of benzene rings is 1. The monoisotopic (exact) mass is 342 g/mol. The summed E-state index contributed by atoms with van der Waals surface area (Å²) in [5.74, 6) is 0.712. The average Bonchev–Trinajstić information content (AvgIpc) is 3.05. The first kappa shape index (κ1) is 19.7. The number of ether oxygens (including phenoxy) is 2. The van der Waals surface area contributed by atoms with Crippen molar-refractivity contribution >= 4 is 18.3 Å². The zero-order chi connectivity index (χ0) is 15.8. The van der Waals surface area contributed by atoms with Crippen molar-refractivity contribution in [2.75, 3.05) is 26.3 Å². The van der Waals surface area contributed by atoms with Crippen molar-refractivity contribution < 1.29 is 14.3 Å². The van der Waals surface area contributed by atoms with E-state index in [1.54, 1.807) is 12.1 Å². The van der Waals surface area contributed by atoms with Gasteiger partial charge in [0.05, 0.1) is 6.10 Å². The van der Waals surface area contributed by atoms with Gasteiger partial charge in [0.1, 0.15) is 12.4 Å². The van der Waals surface area contributed by atoms with Crippen molar-refractivity contribution in [2.24, 2.45) is 0 Å². The Labute approximate surface area is 144 Å². The van der Waals surface area contributed by atoms with E-state index in [2.05, 4.69) is 10.6 Å². The normalized spacial score (nSPS) is 18.1. The molecular formula is C17H27ClN2O3. The average molecular weight is 343 g/mol. The summed E-state index contributed by atoms with van der Waals surface area (Å²) >= 11 is 0. The van der Waals surface area contributed by atoms with Crippen LogP contribution in [0, 0.1) is 0 Å². The molecule has 1 aliphatic rings. The molecule has 1 aliphatic heterocycles. The van der Waals surface area contributed by atoms with Crippen molar-refractivity contribution in [1.82, 2.24) is 10.6 Å². The van der Waals surface area contributed by atoms with E-state index in [1.807, 2.05) is 26.0 Å². The standard InChI is InChI=1S/C17H26N2O3.ClH/c1-3-18-13(2)11-19-17(20)14-6-8-15(9-7-14)22-12-16-5-4-10-21-16;/h6-9,13,16,18H,3-5,10-12H2,1-2H3,(H,19,20);1H/t13-,16?;/m1./s1. The maximum Gasteiger partial charge on any atom is 0.251 e. The van der Waals surface area contributed by atoms with Gasteiger partial charge < -0.3 is 20.1 Å². The summed E-state index contributed by atoms with van der Waals surface area (Å²) in [5.41, 5.74) is 0.646. The van der Waals surface area contributed by atoms with Gasteiger partial charge in [0.2, 0.25) is 0 Å². The van der Waals surface area contributed by atoms with Gasteiger partial charge in [-0.25, -0.2) is 0 Å². The fourth-order valence-electron chi connectivity index (χ4n) is 2.44. The van der Waals surface area contributed by atoms with Gasteiger partial charge in [0.15, 0.2) is 0 Å². The molecule has 1 saturated heterocycles. The SMILES string of the molecule is CCN[C@H](C)CNC(=O)c1ccc(OCC2CCCO2)cc1.Cl. The van der Waals surface area contributed by atoms with E-state index < -0.39 is 0 Å². The number of likely N-dealkylation sites (N-methyl/N-ethyl adjacent to an activating group) is 1. The second kappa shape index (κ2) is 10.5. The van der Waals surface area contributed by atoms with Crippen molar-refractivity contribution in [2.45, 2.75) is 38.8 Å². The number of amides is 1. The third kappa shape index (κ3) is 6.77. The summed E-state index contributed by atoms with van der Waals surface area (Å²) in [7, 11) is 0. The van der Waals surface area contributed by atoms with Gasteiger partial charge in [-0.05, 0) is 50.6 Å². The van der Waals surface area contributed by atoms with Gasteiger partial charge in [0.25, 0.3) is 5.91 Å². The molecule has 1 fully saturated rings. The molecule has 0 saturated carbocycles. The van der Waals surface area contributed by atoms with E-state index in [9.17, 15) is 4.79 Å². The molecule has 23 heavy (non-hydrogen) atoms. The van der Waals surface area contributed by atoms with E-state index in [0.717, 1.165) is 31.7 Å². The number of hydrogen-bond acceptors (Lipinski definition) is 4. The minimum Gasteiger partial charge on any atom is -0.491 e. The van der Waals surface area contributed by atoms with E-state index in [1.165, 1.54) is 0 Å². The third-order valence-electron chi connectivity index (χ3n) is 3.70. The molecule has 1 aromatic carbocycles. The molecule has 1 heterocycles. The van der Waals surface area contributed by atoms with Crippen LogP contribution in [-0.2, 0) is 4.74 Å². The minimum absolute atomic E-state index is 0. The molecule has 0 aromatic heterocycles. The summed E-state index contributed by atoms with van der Waals surface area (Å²) in [5, 5.41) is 6.18. The predicted octanol–water partition coefficient (Wildman–Crippen LogP) is 2.39. The molecule has 0 radical (unpaired) electrons. The molecule has 1 unspecified atom stereocenters. The lowest BCUT2D eigenvalue weighted by Gasteiger charge is -2.14.